The smallest absolute Gasteiger partial charge is 0.0635 e. The molecule has 2 heteroatoms. The summed E-state index contributed by atoms with van der Waals surface area (Å²) in [6.45, 7) is 23.0. The summed E-state index contributed by atoms with van der Waals surface area (Å²) in [7, 11) is 0. The minimum absolute atomic E-state index is 0.140. The lowest BCUT2D eigenvalue weighted by Gasteiger charge is -2.40. The Bertz CT molecular complexity index is 2510. The van der Waals surface area contributed by atoms with E-state index in [4.69, 9.17) is 0 Å². The van der Waals surface area contributed by atoms with Gasteiger partial charge in [0.05, 0.1) is 11.7 Å². The number of hydrogen-bond acceptors (Lipinski definition) is 2. The van der Waals surface area contributed by atoms with Crippen molar-refractivity contribution in [2.24, 2.45) is 11.8 Å². The Balaban J connectivity index is 1.48. The van der Waals surface area contributed by atoms with Gasteiger partial charge >= 0.3 is 0 Å². The molecule has 0 saturated carbocycles. The molecule has 0 radical (unpaired) electrons. The first-order chi connectivity index (χ1) is 25.9. The molecule has 6 aromatic rings. The Morgan fingerprint density at radius 1 is 0.611 bits per heavy atom. The van der Waals surface area contributed by atoms with Crippen molar-refractivity contribution >= 4 is 49.9 Å². The fourth-order valence-corrected chi connectivity index (χ4v) is 9.19. The summed E-state index contributed by atoms with van der Waals surface area (Å²) in [4.78, 5) is 5.25. The summed E-state index contributed by atoms with van der Waals surface area (Å²) in [5.74, 6) is 1.16. The van der Waals surface area contributed by atoms with Gasteiger partial charge in [0.2, 0.25) is 0 Å². The van der Waals surface area contributed by atoms with Crippen LogP contribution in [0.25, 0.3) is 27.1 Å². The molecule has 0 N–H and O–H groups in total. The van der Waals surface area contributed by atoms with E-state index in [2.05, 4.69) is 188 Å². The van der Waals surface area contributed by atoms with Crippen LogP contribution in [0.1, 0.15) is 99.7 Å². The monoisotopic (exact) mass is 708 g/mol. The first-order valence-corrected chi connectivity index (χ1v) is 20.1. The molecule has 6 aromatic carbocycles. The van der Waals surface area contributed by atoms with Gasteiger partial charge in [0.15, 0.2) is 0 Å². The van der Waals surface area contributed by atoms with E-state index < -0.39 is 0 Å². The summed E-state index contributed by atoms with van der Waals surface area (Å²) >= 11 is 0. The molecule has 0 aliphatic heterocycles. The number of hydrogen-bond donors (Lipinski definition) is 0. The number of rotatable bonds is 8. The molecule has 8 rings (SSSR count). The zero-order valence-corrected chi connectivity index (χ0v) is 34.0. The van der Waals surface area contributed by atoms with Crippen LogP contribution < -0.4 is 15.0 Å². The number of nitrogens with zero attached hydrogens (tertiary/aromatic N) is 2. The van der Waals surface area contributed by atoms with Crippen LogP contribution in [0.5, 0.6) is 0 Å². The first kappa shape index (κ1) is 35.9. The maximum atomic E-state index is 2.66. The molecule has 2 nitrogen and oxygen atoms in total. The van der Waals surface area contributed by atoms with E-state index in [0.29, 0.717) is 17.8 Å². The third-order valence-corrected chi connectivity index (χ3v) is 12.2. The third kappa shape index (κ3) is 6.14. The minimum Gasteiger partial charge on any atom is -0.333 e. The summed E-state index contributed by atoms with van der Waals surface area (Å²) in [6.07, 6.45) is 6.84. The van der Waals surface area contributed by atoms with Crippen molar-refractivity contribution in [2.75, 3.05) is 9.80 Å². The highest BCUT2D eigenvalue weighted by Crippen LogP contribution is 2.50. The van der Waals surface area contributed by atoms with Crippen LogP contribution in [-0.2, 0) is 0 Å². The lowest BCUT2D eigenvalue weighted by Crippen LogP contribution is -2.31. The van der Waals surface area contributed by atoms with Crippen molar-refractivity contribution in [1.29, 1.82) is 0 Å². The molecule has 0 amide bonds. The quantitative estimate of drug-likeness (QED) is 0.155. The van der Waals surface area contributed by atoms with Crippen molar-refractivity contribution in [2.45, 2.75) is 94.0 Å². The first-order valence-electron chi connectivity index (χ1n) is 20.1. The Labute approximate surface area is 323 Å². The molecule has 2 aliphatic rings. The van der Waals surface area contributed by atoms with E-state index in [9.17, 15) is 0 Å². The molecule has 2 atom stereocenters. The Morgan fingerprint density at radius 2 is 1.26 bits per heavy atom. The molecule has 0 aromatic heterocycles. The third-order valence-electron chi connectivity index (χ3n) is 12.2. The van der Waals surface area contributed by atoms with Crippen molar-refractivity contribution in [1.82, 2.24) is 0 Å². The molecule has 0 saturated heterocycles. The Hall–Kier alpha value is -5.08. The topological polar surface area (TPSA) is 6.48 Å². The summed E-state index contributed by atoms with van der Waals surface area (Å²) in [6, 6.07) is 37.8. The number of anilines is 4. The van der Waals surface area contributed by atoms with Crippen LogP contribution in [0.3, 0.4) is 0 Å². The van der Waals surface area contributed by atoms with Gasteiger partial charge in [0.1, 0.15) is 0 Å². The van der Waals surface area contributed by atoms with Crippen molar-refractivity contribution in [3.05, 3.63) is 159 Å². The van der Waals surface area contributed by atoms with Gasteiger partial charge in [-0.05, 0) is 145 Å². The van der Waals surface area contributed by atoms with Gasteiger partial charge in [-0.15, -0.1) is 0 Å². The van der Waals surface area contributed by atoms with Crippen LogP contribution in [0, 0.1) is 39.5 Å². The second kappa shape index (κ2) is 14.0. The van der Waals surface area contributed by atoms with Gasteiger partial charge in [0.25, 0.3) is 0 Å². The van der Waals surface area contributed by atoms with E-state index in [1.54, 1.807) is 5.57 Å². The number of benzene rings is 6. The van der Waals surface area contributed by atoms with Gasteiger partial charge in [-0.3, -0.25) is 0 Å². The standard InChI is InChI=1S/C52H56N2/c1-31(2)45-29-49(53(39-19-13-33(5)14-20-39)47-27-35(7)11-17-37(47)9)43-26-24-42-46(32(3)4)30-50(44-25-23-41(45)51(43)52(42)44)54(40-21-15-34(6)16-22-40)48-28-36(8)12-18-38(48)10/h11-17,19-28,30-32,38,49H,18,29H2,1-10H3. The molecule has 2 unspecified atom stereocenters. The van der Waals surface area contributed by atoms with E-state index in [1.807, 2.05) is 0 Å². The van der Waals surface area contributed by atoms with Gasteiger partial charge in [0, 0.05) is 34.1 Å². The minimum atomic E-state index is 0.140. The lowest BCUT2D eigenvalue weighted by molar-refractivity contribution is 0.665. The van der Waals surface area contributed by atoms with Crippen LogP contribution in [-0.4, -0.2) is 0 Å². The molecule has 0 heterocycles. The predicted octanol–water partition coefficient (Wildman–Crippen LogP) is 14.2. The SMILES string of the molecule is CC1=CCC(C)C(N(c2ccc(C)cc2)c2cc(C(C)C)c3ccc4c5c(ccc2c35)=C(C(C)C)CC4N(c2ccc(C)cc2)c2cc(C)ccc2C)=C1. The summed E-state index contributed by atoms with van der Waals surface area (Å²) < 4.78 is 0. The number of aryl methyl sites for hydroxylation is 4. The average Bonchev–Trinajstić information content (AvgIpc) is 3.15. The fourth-order valence-electron chi connectivity index (χ4n) is 9.19. The highest BCUT2D eigenvalue weighted by Gasteiger charge is 2.33. The summed E-state index contributed by atoms with van der Waals surface area (Å²) in [5, 5.41) is 6.98. The largest absolute Gasteiger partial charge is 0.333 e. The predicted molar refractivity (Wildman–Crippen MR) is 235 cm³/mol. The zero-order chi connectivity index (χ0) is 38.0. The van der Waals surface area contributed by atoms with Crippen LogP contribution in [0.15, 0.2) is 120 Å². The van der Waals surface area contributed by atoms with Gasteiger partial charge in [-0.25, -0.2) is 0 Å². The van der Waals surface area contributed by atoms with Crippen molar-refractivity contribution in [3.8, 4) is 0 Å². The van der Waals surface area contributed by atoms with Crippen LogP contribution in [0.2, 0.25) is 0 Å². The van der Waals surface area contributed by atoms with E-state index in [1.165, 1.54) is 94.2 Å². The zero-order valence-electron chi connectivity index (χ0n) is 34.0. The Morgan fingerprint density at radius 3 is 1.93 bits per heavy atom. The molecule has 0 spiro atoms. The fraction of sp³-hybridized carbons (Fsp3) is 0.308. The second-order valence-electron chi connectivity index (χ2n) is 17.0. The molecular formula is C52H56N2. The van der Waals surface area contributed by atoms with E-state index >= 15 is 0 Å². The van der Waals surface area contributed by atoms with E-state index in [-0.39, 0.29) is 6.04 Å². The van der Waals surface area contributed by atoms with E-state index in [0.717, 1.165) is 12.8 Å². The van der Waals surface area contributed by atoms with Gasteiger partial charge in [-0.1, -0.05) is 124 Å². The molecule has 54 heavy (non-hydrogen) atoms. The van der Waals surface area contributed by atoms with Gasteiger partial charge < -0.3 is 9.80 Å². The van der Waals surface area contributed by atoms with Crippen LogP contribution >= 0.6 is 0 Å². The molecule has 0 bridgehead atoms. The summed E-state index contributed by atoms with van der Waals surface area (Å²) in [5.41, 5.74) is 17.3. The average molecular weight is 709 g/mol. The van der Waals surface area contributed by atoms with Crippen LogP contribution in [0.4, 0.5) is 22.7 Å². The lowest BCUT2D eigenvalue weighted by atomic mass is 9.78. The molecule has 0 fully saturated rings. The second-order valence-corrected chi connectivity index (χ2v) is 17.0. The highest BCUT2D eigenvalue weighted by molar-refractivity contribution is 6.18. The number of allylic oxidation sites excluding steroid dienone is 4. The molecule has 274 valence electrons. The molecular weight excluding hydrogens is 653 g/mol. The normalized spacial score (nSPS) is 17.1. The Kier molecular flexibility index (Phi) is 9.29. The van der Waals surface area contributed by atoms with Gasteiger partial charge in [-0.2, -0.15) is 0 Å². The maximum absolute atomic E-state index is 2.66. The van der Waals surface area contributed by atoms with Crippen molar-refractivity contribution in [3.63, 3.8) is 0 Å². The maximum Gasteiger partial charge on any atom is 0.0635 e. The van der Waals surface area contributed by atoms with Crippen molar-refractivity contribution < 1.29 is 0 Å². The molecule has 2 aliphatic carbocycles. The highest BCUT2D eigenvalue weighted by atomic mass is 15.2.